The molecule has 1 rings (SSSR count). The van der Waals surface area contributed by atoms with Crippen molar-refractivity contribution in [1.29, 1.82) is 5.41 Å². The largest absolute Gasteiger partial charge is 0.289 e. The molecule has 1 nitrogen and oxygen atoms in total. The van der Waals surface area contributed by atoms with Gasteiger partial charge in [-0.15, -0.1) is 9.24 Å². The van der Waals surface area contributed by atoms with Crippen LogP contribution < -0.4 is 0 Å². The zero-order chi connectivity index (χ0) is 8.27. The van der Waals surface area contributed by atoms with Crippen LogP contribution in [-0.4, -0.2) is 5.17 Å². The zero-order valence-corrected chi connectivity index (χ0v) is 7.88. The van der Waals surface area contributed by atoms with Crippen molar-refractivity contribution in [3.63, 3.8) is 0 Å². The van der Waals surface area contributed by atoms with Gasteiger partial charge in [0.05, 0.1) is 0 Å². The molecule has 0 aliphatic heterocycles. The molecule has 0 aliphatic carbocycles. The summed E-state index contributed by atoms with van der Waals surface area (Å²) in [6.45, 7) is 0. The molecular formula is C8H9ClNP. The average molecular weight is 186 g/mol. The van der Waals surface area contributed by atoms with E-state index in [1.54, 1.807) is 0 Å². The third-order valence-corrected chi connectivity index (χ3v) is 2.13. The van der Waals surface area contributed by atoms with Gasteiger partial charge < -0.3 is 0 Å². The number of halogens is 1. The van der Waals surface area contributed by atoms with E-state index >= 15 is 0 Å². The molecule has 0 fully saturated rings. The van der Waals surface area contributed by atoms with Gasteiger partial charge in [0.25, 0.3) is 0 Å². The van der Waals surface area contributed by atoms with Gasteiger partial charge in [-0.25, -0.2) is 0 Å². The summed E-state index contributed by atoms with van der Waals surface area (Å²) in [6.07, 6.45) is 0.940. The van der Waals surface area contributed by atoms with Gasteiger partial charge in [-0.3, -0.25) is 5.41 Å². The van der Waals surface area contributed by atoms with Crippen LogP contribution in [-0.2, 0) is 6.16 Å². The first-order valence-electron chi connectivity index (χ1n) is 3.27. The van der Waals surface area contributed by atoms with Crippen LogP contribution in [0.3, 0.4) is 0 Å². The molecule has 1 unspecified atom stereocenters. The maximum Gasteiger partial charge on any atom is 0.128 e. The Morgan fingerprint density at radius 1 is 1.36 bits per heavy atom. The molecule has 0 spiro atoms. The van der Waals surface area contributed by atoms with Crippen LogP contribution in [0.5, 0.6) is 0 Å². The monoisotopic (exact) mass is 185 g/mol. The fourth-order valence-electron chi connectivity index (χ4n) is 0.787. The summed E-state index contributed by atoms with van der Waals surface area (Å²) in [7, 11) is 2.65. The second-order valence-electron chi connectivity index (χ2n) is 2.22. The summed E-state index contributed by atoms with van der Waals surface area (Å²) in [5.74, 6) is 0. The maximum absolute atomic E-state index is 7.12. The Morgan fingerprint density at radius 2 is 1.91 bits per heavy atom. The van der Waals surface area contributed by atoms with Crippen molar-refractivity contribution in [2.45, 2.75) is 6.16 Å². The van der Waals surface area contributed by atoms with Crippen LogP contribution in [0.15, 0.2) is 24.3 Å². The quantitative estimate of drug-likeness (QED) is 0.541. The number of hydrogen-bond acceptors (Lipinski definition) is 1. The van der Waals surface area contributed by atoms with Crippen molar-refractivity contribution in [3.8, 4) is 0 Å². The Hall–Kier alpha value is -0.390. The molecule has 0 saturated carbocycles. The first-order chi connectivity index (χ1) is 5.24. The highest BCUT2D eigenvalue weighted by Crippen LogP contribution is 2.09. The van der Waals surface area contributed by atoms with Gasteiger partial charge in [-0.05, 0) is 11.7 Å². The van der Waals surface area contributed by atoms with Crippen LogP contribution in [0.2, 0.25) is 0 Å². The summed E-state index contributed by atoms with van der Waals surface area (Å²) < 4.78 is 0. The summed E-state index contributed by atoms with van der Waals surface area (Å²) in [4.78, 5) is 0. The smallest absolute Gasteiger partial charge is 0.128 e. The van der Waals surface area contributed by atoms with Gasteiger partial charge >= 0.3 is 0 Å². The summed E-state index contributed by atoms with van der Waals surface area (Å²) in [5, 5.41) is 7.22. The van der Waals surface area contributed by atoms with E-state index in [0.717, 1.165) is 11.7 Å². The lowest BCUT2D eigenvalue weighted by Gasteiger charge is -1.97. The molecule has 1 atom stereocenters. The van der Waals surface area contributed by atoms with E-state index in [0.29, 0.717) is 0 Å². The van der Waals surface area contributed by atoms with E-state index in [2.05, 4.69) is 9.24 Å². The molecular weight excluding hydrogens is 177 g/mol. The average Bonchev–Trinajstić information content (AvgIpc) is 2.05. The van der Waals surface area contributed by atoms with E-state index in [1.165, 1.54) is 5.56 Å². The highest BCUT2D eigenvalue weighted by atomic mass is 35.5. The van der Waals surface area contributed by atoms with Crippen molar-refractivity contribution in [3.05, 3.63) is 35.4 Å². The van der Waals surface area contributed by atoms with Gasteiger partial charge in [0.1, 0.15) is 5.17 Å². The van der Waals surface area contributed by atoms with Gasteiger partial charge in [0.2, 0.25) is 0 Å². The van der Waals surface area contributed by atoms with Crippen LogP contribution in [0.1, 0.15) is 11.1 Å². The lowest BCUT2D eigenvalue weighted by Crippen LogP contribution is -1.87. The highest BCUT2D eigenvalue weighted by Gasteiger charge is 1.95. The van der Waals surface area contributed by atoms with Gasteiger partial charge in [-0.2, -0.15) is 0 Å². The predicted molar refractivity (Wildman–Crippen MR) is 52.5 cm³/mol. The standard InChI is InChI=1S/C8H9ClNP/c9-8(10)7-3-1-6(5-11)2-4-7/h1-4,10H,5,11H2. The molecule has 0 amide bonds. The Kier molecular flexibility index (Phi) is 3.04. The molecule has 1 N–H and O–H groups in total. The number of benzene rings is 1. The minimum atomic E-state index is 0.0975. The Labute approximate surface area is 73.5 Å². The van der Waals surface area contributed by atoms with Crippen molar-refractivity contribution in [1.82, 2.24) is 0 Å². The minimum Gasteiger partial charge on any atom is -0.289 e. The molecule has 0 heterocycles. The molecule has 0 aliphatic rings. The normalized spacial score (nSPS) is 9.64. The molecule has 1 aromatic rings. The van der Waals surface area contributed by atoms with Gasteiger partial charge in [0.15, 0.2) is 0 Å². The highest BCUT2D eigenvalue weighted by molar-refractivity contribution is 7.15. The molecule has 11 heavy (non-hydrogen) atoms. The SMILES string of the molecule is N=C(Cl)c1ccc(CP)cc1. The van der Waals surface area contributed by atoms with E-state index in [1.807, 2.05) is 24.3 Å². The van der Waals surface area contributed by atoms with Crippen molar-refractivity contribution >= 4 is 26.0 Å². The van der Waals surface area contributed by atoms with Crippen LogP contribution in [0.25, 0.3) is 0 Å². The molecule has 0 aromatic heterocycles. The van der Waals surface area contributed by atoms with Crippen molar-refractivity contribution < 1.29 is 0 Å². The van der Waals surface area contributed by atoms with Crippen molar-refractivity contribution in [2.75, 3.05) is 0 Å². The third-order valence-electron chi connectivity index (χ3n) is 1.44. The maximum atomic E-state index is 7.12. The first-order valence-corrected chi connectivity index (χ1v) is 4.47. The minimum absolute atomic E-state index is 0.0975. The lowest BCUT2D eigenvalue weighted by atomic mass is 10.2. The molecule has 0 saturated heterocycles. The fourth-order valence-corrected chi connectivity index (χ4v) is 1.19. The van der Waals surface area contributed by atoms with E-state index in [9.17, 15) is 0 Å². The Bertz CT molecular complexity index is 255. The lowest BCUT2D eigenvalue weighted by molar-refractivity contribution is 1.41. The van der Waals surface area contributed by atoms with E-state index in [-0.39, 0.29) is 5.17 Å². The number of hydrogen-bond donors (Lipinski definition) is 1. The summed E-state index contributed by atoms with van der Waals surface area (Å²) in [5.41, 5.74) is 2.01. The second kappa shape index (κ2) is 3.85. The third kappa shape index (κ3) is 2.28. The van der Waals surface area contributed by atoms with Crippen LogP contribution in [0, 0.1) is 5.41 Å². The predicted octanol–water partition coefficient (Wildman–Crippen LogP) is 2.63. The zero-order valence-electron chi connectivity index (χ0n) is 5.97. The van der Waals surface area contributed by atoms with Gasteiger partial charge in [-0.1, -0.05) is 35.9 Å². The molecule has 58 valence electrons. The summed E-state index contributed by atoms with van der Waals surface area (Å²) >= 11 is 5.48. The molecule has 0 bridgehead atoms. The Morgan fingerprint density at radius 3 is 2.27 bits per heavy atom. The van der Waals surface area contributed by atoms with Crippen LogP contribution in [0.4, 0.5) is 0 Å². The summed E-state index contributed by atoms with van der Waals surface area (Å²) in [6, 6.07) is 7.65. The molecule has 3 heteroatoms. The molecule has 0 radical (unpaired) electrons. The van der Waals surface area contributed by atoms with E-state index < -0.39 is 0 Å². The fraction of sp³-hybridized carbons (Fsp3) is 0.125. The number of nitrogens with one attached hydrogen (secondary N) is 1. The van der Waals surface area contributed by atoms with Crippen molar-refractivity contribution in [2.24, 2.45) is 0 Å². The second-order valence-corrected chi connectivity index (χ2v) is 3.00. The van der Waals surface area contributed by atoms with Gasteiger partial charge in [0, 0.05) is 5.56 Å². The van der Waals surface area contributed by atoms with Crippen LogP contribution >= 0.6 is 20.8 Å². The number of rotatable bonds is 2. The first kappa shape index (κ1) is 8.70. The topological polar surface area (TPSA) is 23.9 Å². The molecule has 1 aromatic carbocycles. The van der Waals surface area contributed by atoms with E-state index in [4.69, 9.17) is 17.0 Å². The Balaban J connectivity index is 2.91.